The fraction of sp³-hybridized carbons (Fsp3) is 0.273. The topological polar surface area (TPSA) is 201 Å². The Kier molecular flexibility index (Phi) is 18.1. The molecule has 0 aliphatic heterocycles. The van der Waals surface area contributed by atoms with Crippen LogP contribution in [0, 0.1) is 0 Å². The van der Waals surface area contributed by atoms with Gasteiger partial charge in [0, 0.05) is 17.4 Å². The number of hydrogen-bond acceptors (Lipinski definition) is 6. The molecule has 3 atom stereocenters. The first-order chi connectivity index (χ1) is 15.2. The van der Waals surface area contributed by atoms with Crippen LogP contribution in [0.5, 0.6) is 0 Å². The van der Waals surface area contributed by atoms with Crippen molar-refractivity contribution in [2.24, 2.45) is 11.5 Å². The van der Waals surface area contributed by atoms with Crippen molar-refractivity contribution in [3.8, 4) is 0 Å². The quantitative estimate of drug-likeness (QED) is 0.255. The van der Waals surface area contributed by atoms with Gasteiger partial charge in [-0.15, -0.1) is 0 Å². The second-order valence-corrected chi connectivity index (χ2v) is 7.96. The summed E-state index contributed by atoms with van der Waals surface area (Å²) in [5.74, 6) is -5.26. The molecule has 0 aromatic heterocycles. The van der Waals surface area contributed by atoms with Gasteiger partial charge in [0.2, 0.25) is 0 Å². The van der Waals surface area contributed by atoms with E-state index >= 15 is 0 Å². The van der Waals surface area contributed by atoms with Gasteiger partial charge in [0.1, 0.15) is 11.6 Å². The maximum atomic E-state index is 10.8. The summed E-state index contributed by atoms with van der Waals surface area (Å²) in [6.45, 7) is 1.39. The Balaban J connectivity index is -0.000000559. The molecule has 0 fully saturated rings. The van der Waals surface area contributed by atoms with E-state index in [2.05, 4.69) is 0 Å². The van der Waals surface area contributed by atoms with Crippen LogP contribution in [0.15, 0.2) is 48.5 Å². The van der Waals surface area contributed by atoms with Crippen molar-refractivity contribution < 1.29 is 39.6 Å². The van der Waals surface area contributed by atoms with Crippen molar-refractivity contribution in [1.82, 2.24) is 0 Å². The Hall–Kier alpha value is -2.42. The number of halogens is 1. The minimum absolute atomic E-state index is 0. The number of carboxylic acids is 4. The summed E-state index contributed by atoms with van der Waals surface area (Å²) in [4.78, 5) is 43.0. The third-order valence-corrected chi connectivity index (χ3v) is 4.90. The van der Waals surface area contributed by atoms with Crippen molar-refractivity contribution >= 4 is 76.0 Å². The average Bonchev–Trinajstić information content (AvgIpc) is 2.72. The molecule has 2 aromatic rings. The van der Waals surface area contributed by atoms with Gasteiger partial charge in [-0.2, -0.15) is 40.5 Å². The molecular formula is C22H31ClN2O8S3. The molecule has 36 heavy (non-hydrogen) atoms. The highest BCUT2D eigenvalue weighted by molar-refractivity contribution is 7.59. The van der Waals surface area contributed by atoms with E-state index in [-0.39, 0.29) is 58.9 Å². The molecule has 0 saturated carbocycles. The molecular weight excluding hydrogens is 552 g/mol. The summed E-state index contributed by atoms with van der Waals surface area (Å²) < 4.78 is 0. The van der Waals surface area contributed by atoms with Crippen LogP contribution in [-0.4, -0.2) is 55.9 Å². The molecule has 0 saturated heterocycles. The van der Waals surface area contributed by atoms with Crippen LogP contribution in [-0.2, 0) is 20.8 Å². The molecule has 0 radical (unpaired) electrons. The largest absolute Gasteiger partial charge is 0.481 e. The van der Waals surface area contributed by atoms with Crippen molar-refractivity contribution in [3.63, 3.8) is 0 Å². The highest BCUT2D eigenvalue weighted by Gasteiger charge is 2.29. The Morgan fingerprint density at radius 1 is 0.944 bits per heavy atom. The maximum absolute atomic E-state index is 10.8. The van der Waals surface area contributed by atoms with Crippen LogP contribution in [0.1, 0.15) is 40.7 Å². The lowest BCUT2D eigenvalue weighted by Crippen LogP contribution is -2.46. The second-order valence-electron chi connectivity index (χ2n) is 7.52. The van der Waals surface area contributed by atoms with E-state index in [1.54, 1.807) is 36.4 Å². The van der Waals surface area contributed by atoms with Crippen LogP contribution in [0.25, 0.3) is 0 Å². The molecule has 0 aliphatic rings. The number of benzene rings is 2. The smallest absolute Gasteiger partial charge is 0.335 e. The monoisotopic (exact) mass is 582 g/mol. The highest BCUT2D eigenvalue weighted by atomic mass is 35.5. The Bertz CT molecular complexity index is 1020. The van der Waals surface area contributed by atoms with E-state index in [1.165, 1.54) is 19.1 Å². The zero-order chi connectivity index (χ0) is 25.3. The Morgan fingerprint density at radius 3 is 1.89 bits per heavy atom. The first-order valence-electron chi connectivity index (χ1n) is 9.54. The lowest BCUT2D eigenvalue weighted by Gasteiger charge is -2.19. The fourth-order valence-corrected chi connectivity index (χ4v) is 2.96. The number of rotatable bonds is 9. The average molecular weight is 583 g/mol. The van der Waals surface area contributed by atoms with Gasteiger partial charge in [0.25, 0.3) is 0 Å². The normalized spacial score (nSPS) is 12.9. The van der Waals surface area contributed by atoms with Crippen LogP contribution in [0.3, 0.4) is 0 Å². The predicted molar refractivity (Wildman–Crippen MR) is 151 cm³/mol. The van der Waals surface area contributed by atoms with Crippen LogP contribution < -0.4 is 11.5 Å². The number of aromatic carboxylic acids is 1. The first kappa shape index (κ1) is 38.1. The van der Waals surface area contributed by atoms with E-state index in [0.717, 1.165) is 0 Å². The molecule has 0 aliphatic carbocycles. The summed E-state index contributed by atoms with van der Waals surface area (Å²) in [6.07, 6.45) is -0.251. The van der Waals surface area contributed by atoms with Gasteiger partial charge in [-0.3, -0.25) is 14.4 Å². The van der Waals surface area contributed by atoms with Crippen molar-refractivity contribution in [2.45, 2.75) is 37.3 Å². The molecule has 14 heteroatoms. The molecule has 2 rings (SSSR count). The lowest BCUT2D eigenvalue weighted by molar-refractivity contribution is -0.143. The van der Waals surface area contributed by atoms with Crippen molar-refractivity contribution in [2.75, 3.05) is 0 Å². The van der Waals surface area contributed by atoms with Gasteiger partial charge in [0.15, 0.2) is 0 Å². The Labute approximate surface area is 234 Å². The molecule has 202 valence electrons. The minimum atomic E-state index is -1.39. The number of carbonyl (C=O) groups is 4. The summed E-state index contributed by atoms with van der Waals surface area (Å²) >= 11 is 5.70. The van der Waals surface area contributed by atoms with E-state index in [1.807, 2.05) is 0 Å². The predicted octanol–water partition coefficient (Wildman–Crippen LogP) is 2.38. The molecule has 0 bridgehead atoms. The van der Waals surface area contributed by atoms with Gasteiger partial charge in [0.05, 0.1) is 12.0 Å². The summed E-state index contributed by atoms with van der Waals surface area (Å²) in [7, 11) is 0. The van der Waals surface area contributed by atoms with E-state index in [0.29, 0.717) is 16.1 Å². The van der Waals surface area contributed by atoms with Crippen LogP contribution in [0.4, 0.5) is 0 Å². The number of hydrogen-bond donors (Lipinski definition) is 6. The number of carboxylic acid groups (broad SMARTS) is 4. The highest BCUT2D eigenvalue weighted by Crippen LogP contribution is 2.24. The Morgan fingerprint density at radius 2 is 1.47 bits per heavy atom. The molecule has 1 unspecified atom stereocenters. The van der Waals surface area contributed by atoms with Crippen molar-refractivity contribution in [1.29, 1.82) is 0 Å². The minimum Gasteiger partial charge on any atom is -0.481 e. The van der Waals surface area contributed by atoms with Gasteiger partial charge in [-0.05, 0) is 42.3 Å². The van der Waals surface area contributed by atoms with Gasteiger partial charge >= 0.3 is 23.9 Å². The number of nitrogens with two attached hydrogens (primary N) is 2. The zero-order valence-electron chi connectivity index (χ0n) is 19.1. The molecule has 0 heterocycles. The summed E-state index contributed by atoms with van der Waals surface area (Å²) in [5, 5.41) is 35.7. The maximum Gasteiger partial charge on any atom is 0.335 e. The standard InChI is InChI=1S/C11H12ClNO4.C11H13NO4.3H2S/c12-7-3-1-6(2-4-7)8(5-9(14)15)10(13)11(16)17;1-11(12,10(15)16)6-7-3-2-4-8(5-7)9(13)14;;;/h1-4,8,10H,5,13H2,(H,14,15)(H,16,17);2-5H,6,12H2,1H3,(H,13,14)(H,15,16);3*1H2/t8?,10-;11-;;;/m00.../s1. The number of aliphatic carboxylic acids is 3. The molecule has 0 amide bonds. The second kappa shape index (κ2) is 17.1. The molecule has 10 nitrogen and oxygen atoms in total. The van der Waals surface area contributed by atoms with Crippen molar-refractivity contribution in [3.05, 3.63) is 70.2 Å². The summed E-state index contributed by atoms with van der Waals surface area (Å²) in [5.41, 5.74) is 10.9. The third kappa shape index (κ3) is 12.5. The fourth-order valence-electron chi connectivity index (χ4n) is 2.84. The first-order valence-corrected chi connectivity index (χ1v) is 9.92. The lowest BCUT2D eigenvalue weighted by atomic mass is 9.89. The SMILES string of the molecule is C[C@](N)(Cc1cccc(C(=O)O)c1)C(=O)O.N[C@H](C(=O)O)C(CC(=O)O)c1ccc(Cl)cc1.S.S.S. The van der Waals surface area contributed by atoms with E-state index < -0.39 is 41.4 Å². The third-order valence-electron chi connectivity index (χ3n) is 4.65. The van der Waals surface area contributed by atoms with Gasteiger partial charge in [-0.25, -0.2) is 4.79 Å². The van der Waals surface area contributed by atoms with Crippen LogP contribution in [0.2, 0.25) is 5.02 Å². The van der Waals surface area contributed by atoms with Gasteiger partial charge < -0.3 is 31.9 Å². The molecule has 2 aromatic carbocycles. The zero-order valence-corrected chi connectivity index (χ0v) is 22.9. The molecule has 0 spiro atoms. The summed E-state index contributed by atoms with van der Waals surface area (Å²) in [6, 6.07) is 11.1. The van der Waals surface area contributed by atoms with Crippen LogP contribution >= 0.6 is 52.1 Å². The van der Waals surface area contributed by atoms with E-state index in [4.69, 9.17) is 43.5 Å². The van der Waals surface area contributed by atoms with E-state index in [9.17, 15) is 19.2 Å². The van der Waals surface area contributed by atoms with Gasteiger partial charge in [-0.1, -0.05) is 35.9 Å². The molecule has 8 N–H and O–H groups in total.